The summed E-state index contributed by atoms with van der Waals surface area (Å²) in [7, 11) is 0. The molecule has 2 N–H and O–H groups in total. The van der Waals surface area contributed by atoms with Gasteiger partial charge >= 0.3 is 0 Å². The van der Waals surface area contributed by atoms with Gasteiger partial charge in [-0.1, -0.05) is 24.3 Å². The molecule has 2 heterocycles. The number of ether oxygens (including phenoxy) is 1. The number of thiocarbonyl (C=S) groups is 1. The Bertz CT molecular complexity index is 712. The summed E-state index contributed by atoms with van der Waals surface area (Å²) >= 11 is 5.45. The topological polar surface area (TPSA) is 46.2 Å². The Hall–Kier alpha value is -2.14. The van der Waals surface area contributed by atoms with Crippen LogP contribution in [0.3, 0.4) is 0 Å². The van der Waals surface area contributed by atoms with E-state index in [2.05, 4.69) is 35.5 Å². The Labute approximate surface area is 142 Å². The molecule has 1 aliphatic rings. The van der Waals surface area contributed by atoms with Gasteiger partial charge in [0.2, 0.25) is 0 Å². The zero-order chi connectivity index (χ0) is 16.4. The molecule has 0 saturated carbocycles. The maximum atomic E-state index is 6.05. The third kappa shape index (κ3) is 3.79. The van der Waals surface area contributed by atoms with E-state index in [9.17, 15) is 0 Å². The monoisotopic (exact) mass is 327 g/mol. The first kappa shape index (κ1) is 15.7. The van der Waals surface area contributed by atoms with Crippen LogP contribution in [0.4, 0.5) is 5.82 Å². The summed E-state index contributed by atoms with van der Waals surface area (Å²) in [5.74, 6) is 1.66. The minimum atomic E-state index is -0.232. The van der Waals surface area contributed by atoms with Gasteiger partial charge in [0.25, 0.3) is 0 Å². The Morgan fingerprint density at radius 3 is 2.78 bits per heavy atom. The van der Waals surface area contributed by atoms with E-state index in [-0.39, 0.29) is 11.6 Å². The Morgan fingerprint density at radius 1 is 1.26 bits per heavy atom. The van der Waals surface area contributed by atoms with Gasteiger partial charge in [-0.3, -0.25) is 0 Å². The molecular weight excluding hydrogens is 306 g/mol. The van der Waals surface area contributed by atoms with Crippen LogP contribution in [0.15, 0.2) is 42.6 Å². The third-order valence-electron chi connectivity index (χ3n) is 3.83. The third-order valence-corrected chi connectivity index (χ3v) is 4.05. The SMILES string of the molecule is Cc1ccc(NC(=S)NC2CC(C)(C)Oc3ccccc32)nc1. The van der Waals surface area contributed by atoms with Gasteiger partial charge in [0.1, 0.15) is 17.2 Å². The van der Waals surface area contributed by atoms with Crippen LogP contribution in [0.1, 0.15) is 37.4 Å². The number of aromatic nitrogens is 1. The first-order valence-electron chi connectivity index (χ1n) is 7.71. The zero-order valence-electron chi connectivity index (χ0n) is 13.6. The first-order chi connectivity index (χ1) is 10.9. The molecule has 1 atom stereocenters. The van der Waals surface area contributed by atoms with Crippen molar-refractivity contribution in [3.05, 3.63) is 53.7 Å². The minimum Gasteiger partial charge on any atom is -0.487 e. The summed E-state index contributed by atoms with van der Waals surface area (Å²) in [6.07, 6.45) is 2.66. The lowest BCUT2D eigenvalue weighted by Crippen LogP contribution is -2.42. The second kappa shape index (κ2) is 6.16. The predicted molar refractivity (Wildman–Crippen MR) is 96.8 cm³/mol. The van der Waals surface area contributed by atoms with E-state index in [0.717, 1.165) is 29.1 Å². The Morgan fingerprint density at radius 2 is 2.04 bits per heavy atom. The van der Waals surface area contributed by atoms with Crippen molar-refractivity contribution >= 4 is 23.1 Å². The second-order valence-electron chi connectivity index (χ2n) is 6.48. The van der Waals surface area contributed by atoms with E-state index in [4.69, 9.17) is 17.0 Å². The number of nitrogens with one attached hydrogen (secondary N) is 2. The van der Waals surface area contributed by atoms with Gasteiger partial charge in [-0.2, -0.15) is 0 Å². The molecule has 0 saturated heterocycles. The van der Waals surface area contributed by atoms with Crippen LogP contribution >= 0.6 is 12.2 Å². The molecule has 1 unspecified atom stereocenters. The van der Waals surface area contributed by atoms with Crippen LogP contribution in [0.2, 0.25) is 0 Å². The number of rotatable bonds is 2. The maximum absolute atomic E-state index is 6.05. The summed E-state index contributed by atoms with van der Waals surface area (Å²) in [5.41, 5.74) is 2.02. The smallest absolute Gasteiger partial charge is 0.172 e. The predicted octanol–water partition coefficient (Wildman–Crippen LogP) is 3.98. The standard InChI is InChI=1S/C18H21N3OS/c1-12-8-9-16(19-11-12)21-17(23)20-14-10-18(2,3)22-15-7-5-4-6-13(14)15/h4-9,11,14H,10H2,1-3H3,(H2,19,20,21,23). The molecule has 1 aromatic carbocycles. The van der Waals surface area contributed by atoms with Crippen molar-refractivity contribution in [3.8, 4) is 5.75 Å². The molecular formula is C18H21N3OS. The normalized spacial score (nSPS) is 18.5. The molecule has 1 aliphatic heterocycles. The minimum absolute atomic E-state index is 0.111. The van der Waals surface area contributed by atoms with E-state index < -0.39 is 0 Å². The highest BCUT2D eigenvalue weighted by molar-refractivity contribution is 7.80. The van der Waals surface area contributed by atoms with E-state index in [1.165, 1.54) is 0 Å². The molecule has 1 aromatic heterocycles. The van der Waals surface area contributed by atoms with Crippen molar-refractivity contribution in [2.75, 3.05) is 5.32 Å². The number of hydrogen-bond acceptors (Lipinski definition) is 3. The van der Waals surface area contributed by atoms with Crippen LogP contribution in [-0.2, 0) is 0 Å². The largest absolute Gasteiger partial charge is 0.487 e. The first-order valence-corrected chi connectivity index (χ1v) is 8.12. The summed E-state index contributed by atoms with van der Waals surface area (Å²) in [6, 6.07) is 12.1. The van der Waals surface area contributed by atoms with Crippen LogP contribution < -0.4 is 15.4 Å². The van der Waals surface area contributed by atoms with E-state index >= 15 is 0 Å². The van der Waals surface area contributed by atoms with Crippen LogP contribution in [0.5, 0.6) is 5.75 Å². The van der Waals surface area contributed by atoms with Crippen molar-refractivity contribution in [1.82, 2.24) is 10.3 Å². The maximum Gasteiger partial charge on any atom is 0.172 e. The van der Waals surface area contributed by atoms with Crippen LogP contribution in [0, 0.1) is 6.92 Å². The van der Waals surface area contributed by atoms with E-state index in [0.29, 0.717) is 5.11 Å². The lowest BCUT2D eigenvalue weighted by molar-refractivity contribution is 0.0697. The number of anilines is 1. The number of para-hydroxylation sites is 1. The molecule has 4 nitrogen and oxygen atoms in total. The van der Waals surface area contributed by atoms with Crippen molar-refractivity contribution in [2.24, 2.45) is 0 Å². The fourth-order valence-electron chi connectivity index (χ4n) is 2.78. The van der Waals surface area contributed by atoms with Crippen LogP contribution in [0.25, 0.3) is 0 Å². The highest BCUT2D eigenvalue weighted by Crippen LogP contribution is 2.39. The van der Waals surface area contributed by atoms with E-state index in [1.807, 2.05) is 43.5 Å². The summed E-state index contributed by atoms with van der Waals surface area (Å²) in [5, 5.41) is 7.11. The van der Waals surface area contributed by atoms with Gasteiger partial charge in [-0.25, -0.2) is 4.98 Å². The molecule has 120 valence electrons. The molecule has 0 amide bonds. The molecule has 0 radical (unpaired) electrons. The molecule has 2 aromatic rings. The molecule has 0 spiro atoms. The summed E-state index contributed by atoms with van der Waals surface area (Å²) in [6.45, 7) is 6.19. The summed E-state index contributed by atoms with van der Waals surface area (Å²) < 4.78 is 6.05. The lowest BCUT2D eigenvalue weighted by atomic mass is 9.90. The molecule has 0 bridgehead atoms. The highest BCUT2D eigenvalue weighted by Gasteiger charge is 2.33. The zero-order valence-corrected chi connectivity index (χ0v) is 14.4. The van der Waals surface area contributed by atoms with Crippen LogP contribution in [-0.4, -0.2) is 15.7 Å². The number of nitrogens with zero attached hydrogens (tertiary/aromatic N) is 1. The quantitative estimate of drug-likeness (QED) is 0.817. The Kier molecular flexibility index (Phi) is 4.22. The van der Waals surface area contributed by atoms with Crippen molar-refractivity contribution in [1.29, 1.82) is 0 Å². The molecule has 23 heavy (non-hydrogen) atoms. The summed E-state index contributed by atoms with van der Waals surface area (Å²) in [4.78, 5) is 4.32. The fourth-order valence-corrected chi connectivity index (χ4v) is 3.03. The molecule has 5 heteroatoms. The van der Waals surface area contributed by atoms with E-state index in [1.54, 1.807) is 0 Å². The average Bonchev–Trinajstić information content (AvgIpc) is 2.48. The van der Waals surface area contributed by atoms with Crippen molar-refractivity contribution < 1.29 is 4.74 Å². The number of fused-ring (bicyclic) bond motifs is 1. The van der Waals surface area contributed by atoms with Gasteiger partial charge in [0.15, 0.2) is 5.11 Å². The van der Waals surface area contributed by atoms with Crippen molar-refractivity contribution in [2.45, 2.75) is 38.8 Å². The average molecular weight is 327 g/mol. The highest BCUT2D eigenvalue weighted by atomic mass is 32.1. The van der Waals surface area contributed by atoms with Gasteiger partial charge in [0.05, 0.1) is 6.04 Å². The molecule has 0 fully saturated rings. The molecule has 3 rings (SSSR count). The van der Waals surface area contributed by atoms with Gasteiger partial charge in [-0.05, 0) is 50.7 Å². The number of aryl methyl sites for hydroxylation is 1. The van der Waals surface area contributed by atoms with Gasteiger partial charge in [-0.15, -0.1) is 0 Å². The number of hydrogen-bond donors (Lipinski definition) is 2. The number of benzene rings is 1. The second-order valence-corrected chi connectivity index (χ2v) is 6.88. The Balaban J connectivity index is 1.74. The fraction of sp³-hybridized carbons (Fsp3) is 0.333. The lowest BCUT2D eigenvalue weighted by Gasteiger charge is -2.38. The number of pyridine rings is 1. The van der Waals surface area contributed by atoms with Crippen molar-refractivity contribution in [3.63, 3.8) is 0 Å². The van der Waals surface area contributed by atoms with Gasteiger partial charge in [0, 0.05) is 18.2 Å². The molecule has 0 aliphatic carbocycles. The van der Waals surface area contributed by atoms with Gasteiger partial charge < -0.3 is 15.4 Å².